The summed E-state index contributed by atoms with van der Waals surface area (Å²) in [6.45, 7) is 5.68. The number of benzene rings is 1. The van der Waals surface area contributed by atoms with Crippen molar-refractivity contribution in [3.8, 4) is 5.69 Å². The molecule has 1 saturated heterocycles. The topological polar surface area (TPSA) is 58.4 Å². The average Bonchev–Trinajstić information content (AvgIpc) is 2.79. The highest BCUT2D eigenvalue weighted by Crippen LogP contribution is 2.25. The summed E-state index contributed by atoms with van der Waals surface area (Å²) in [5.74, 6) is -0.0875. The first-order valence-electron chi connectivity index (χ1n) is 8.34. The van der Waals surface area contributed by atoms with E-state index in [4.69, 9.17) is 11.6 Å². The fourth-order valence-corrected chi connectivity index (χ4v) is 3.43. The zero-order valence-corrected chi connectivity index (χ0v) is 15.2. The predicted octanol–water partition coefficient (Wildman–Crippen LogP) is 2.53. The second kappa shape index (κ2) is 7.27. The normalized spacial score (nSPS) is 15.2. The van der Waals surface area contributed by atoms with Crippen molar-refractivity contribution in [2.75, 3.05) is 26.2 Å². The number of para-hydroxylation sites is 1. The molecule has 3 rings (SSSR count). The third-order valence-corrected chi connectivity index (χ3v) is 4.80. The van der Waals surface area contributed by atoms with Crippen LogP contribution >= 0.6 is 11.6 Å². The SMILES string of the molecule is CC(=O)N1CCCN(C(=O)c2c(C)nn(-c3ccccc3)c2Cl)CC1. The zero-order valence-electron chi connectivity index (χ0n) is 14.4. The minimum atomic E-state index is -0.130. The van der Waals surface area contributed by atoms with E-state index in [1.807, 2.05) is 30.3 Å². The van der Waals surface area contributed by atoms with Gasteiger partial charge < -0.3 is 9.80 Å². The number of hydrogen-bond donors (Lipinski definition) is 0. The molecule has 0 N–H and O–H groups in total. The number of aromatic nitrogens is 2. The van der Waals surface area contributed by atoms with Crippen LogP contribution in [0, 0.1) is 6.92 Å². The molecule has 2 aromatic rings. The Balaban J connectivity index is 1.85. The van der Waals surface area contributed by atoms with Crippen LogP contribution in [0.3, 0.4) is 0 Å². The van der Waals surface area contributed by atoms with E-state index in [0.717, 1.165) is 12.1 Å². The molecule has 6 nitrogen and oxygen atoms in total. The second-order valence-corrected chi connectivity index (χ2v) is 6.51. The van der Waals surface area contributed by atoms with Gasteiger partial charge in [0.05, 0.1) is 16.9 Å². The maximum atomic E-state index is 13.0. The Morgan fingerprint density at radius 2 is 1.68 bits per heavy atom. The van der Waals surface area contributed by atoms with Crippen LogP contribution in [0.4, 0.5) is 0 Å². The van der Waals surface area contributed by atoms with Gasteiger partial charge >= 0.3 is 0 Å². The highest BCUT2D eigenvalue weighted by molar-refractivity contribution is 6.33. The van der Waals surface area contributed by atoms with Crippen LogP contribution in [0.1, 0.15) is 29.4 Å². The molecule has 25 heavy (non-hydrogen) atoms. The number of halogens is 1. The van der Waals surface area contributed by atoms with Gasteiger partial charge in [0.1, 0.15) is 5.15 Å². The monoisotopic (exact) mass is 360 g/mol. The summed E-state index contributed by atoms with van der Waals surface area (Å²) in [5, 5.41) is 4.76. The second-order valence-electron chi connectivity index (χ2n) is 6.15. The molecule has 132 valence electrons. The fourth-order valence-electron chi connectivity index (χ4n) is 3.08. The van der Waals surface area contributed by atoms with Crippen molar-refractivity contribution in [1.29, 1.82) is 0 Å². The first kappa shape index (κ1) is 17.5. The van der Waals surface area contributed by atoms with Crippen molar-refractivity contribution < 1.29 is 9.59 Å². The molecule has 1 aliphatic rings. The molecule has 0 radical (unpaired) electrons. The van der Waals surface area contributed by atoms with E-state index in [9.17, 15) is 9.59 Å². The highest BCUT2D eigenvalue weighted by Gasteiger charge is 2.27. The van der Waals surface area contributed by atoms with Crippen LogP contribution in [-0.2, 0) is 4.79 Å². The molecule has 1 aromatic heterocycles. The van der Waals surface area contributed by atoms with E-state index in [1.165, 1.54) is 0 Å². The molecule has 1 aliphatic heterocycles. The quantitative estimate of drug-likeness (QED) is 0.826. The summed E-state index contributed by atoms with van der Waals surface area (Å²) in [6, 6.07) is 9.49. The maximum absolute atomic E-state index is 13.0. The van der Waals surface area contributed by atoms with Crippen molar-refractivity contribution in [2.24, 2.45) is 0 Å². The molecule has 2 amide bonds. The van der Waals surface area contributed by atoms with Crippen molar-refractivity contribution >= 4 is 23.4 Å². The van der Waals surface area contributed by atoms with Gasteiger partial charge in [-0.05, 0) is 25.5 Å². The molecular weight excluding hydrogens is 340 g/mol. The zero-order chi connectivity index (χ0) is 18.0. The van der Waals surface area contributed by atoms with E-state index in [2.05, 4.69) is 5.10 Å². The van der Waals surface area contributed by atoms with Gasteiger partial charge in [0.25, 0.3) is 5.91 Å². The molecule has 7 heteroatoms. The van der Waals surface area contributed by atoms with E-state index in [1.54, 1.807) is 28.3 Å². The molecule has 0 saturated carbocycles. The van der Waals surface area contributed by atoms with Crippen molar-refractivity contribution in [3.63, 3.8) is 0 Å². The molecule has 0 bridgehead atoms. The minimum absolute atomic E-state index is 0.0420. The molecule has 0 aliphatic carbocycles. The number of carbonyl (C=O) groups excluding carboxylic acids is 2. The van der Waals surface area contributed by atoms with Crippen LogP contribution < -0.4 is 0 Å². The number of carbonyl (C=O) groups is 2. The molecule has 2 heterocycles. The third kappa shape index (κ3) is 3.54. The minimum Gasteiger partial charge on any atom is -0.341 e. The summed E-state index contributed by atoms with van der Waals surface area (Å²) in [5.41, 5.74) is 1.85. The first-order valence-corrected chi connectivity index (χ1v) is 8.72. The van der Waals surface area contributed by atoms with E-state index in [-0.39, 0.29) is 11.8 Å². The summed E-state index contributed by atoms with van der Waals surface area (Å²) in [6.07, 6.45) is 0.759. The van der Waals surface area contributed by atoms with Gasteiger partial charge in [-0.15, -0.1) is 0 Å². The van der Waals surface area contributed by atoms with Gasteiger partial charge in [-0.3, -0.25) is 9.59 Å². The Kier molecular flexibility index (Phi) is 5.08. The first-order chi connectivity index (χ1) is 12.0. The molecule has 1 aromatic carbocycles. The number of hydrogen-bond acceptors (Lipinski definition) is 3. The van der Waals surface area contributed by atoms with Gasteiger partial charge in [0.15, 0.2) is 0 Å². The summed E-state index contributed by atoms with van der Waals surface area (Å²) in [4.78, 5) is 28.1. The highest BCUT2D eigenvalue weighted by atomic mass is 35.5. The predicted molar refractivity (Wildman–Crippen MR) is 96.1 cm³/mol. The Bertz CT molecular complexity index is 788. The van der Waals surface area contributed by atoms with Crippen LogP contribution in [0.5, 0.6) is 0 Å². The number of aryl methyl sites for hydroxylation is 1. The van der Waals surface area contributed by atoms with Gasteiger partial charge in [-0.25, -0.2) is 4.68 Å². The van der Waals surface area contributed by atoms with E-state index < -0.39 is 0 Å². The maximum Gasteiger partial charge on any atom is 0.258 e. The van der Waals surface area contributed by atoms with Gasteiger partial charge in [0, 0.05) is 33.1 Å². The average molecular weight is 361 g/mol. The van der Waals surface area contributed by atoms with E-state index in [0.29, 0.717) is 42.6 Å². The lowest BCUT2D eigenvalue weighted by Gasteiger charge is -2.21. The summed E-state index contributed by atoms with van der Waals surface area (Å²) < 4.78 is 1.59. The Hall–Kier alpha value is -2.34. The van der Waals surface area contributed by atoms with Gasteiger partial charge in [0.2, 0.25) is 5.91 Å². The molecular formula is C18H21ClN4O2. The smallest absolute Gasteiger partial charge is 0.258 e. The largest absolute Gasteiger partial charge is 0.341 e. The Labute approximate surface area is 152 Å². The number of rotatable bonds is 2. The van der Waals surface area contributed by atoms with Gasteiger partial charge in [-0.2, -0.15) is 5.10 Å². The Morgan fingerprint density at radius 3 is 2.36 bits per heavy atom. The lowest BCUT2D eigenvalue weighted by Crippen LogP contribution is -2.36. The van der Waals surface area contributed by atoms with Gasteiger partial charge in [-0.1, -0.05) is 29.8 Å². The third-order valence-electron chi connectivity index (χ3n) is 4.45. The number of nitrogens with zero attached hydrogens (tertiary/aromatic N) is 4. The van der Waals surface area contributed by atoms with Crippen LogP contribution in [0.15, 0.2) is 30.3 Å². The van der Waals surface area contributed by atoms with Crippen molar-refractivity contribution in [3.05, 3.63) is 46.7 Å². The molecule has 0 atom stereocenters. The molecule has 0 unspecified atom stereocenters. The standard InChI is InChI=1S/C18H21ClN4O2/c1-13-16(17(19)23(20-13)15-7-4-3-5-8-15)18(25)22-10-6-9-21(11-12-22)14(2)24/h3-5,7-8H,6,9-12H2,1-2H3. The fraction of sp³-hybridized carbons (Fsp3) is 0.389. The number of amides is 2. The lowest BCUT2D eigenvalue weighted by atomic mass is 10.2. The summed E-state index contributed by atoms with van der Waals surface area (Å²) in [7, 11) is 0. The van der Waals surface area contributed by atoms with Crippen molar-refractivity contribution in [1.82, 2.24) is 19.6 Å². The summed E-state index contributed by atoms with van der Waals surface area (Å²) >= 11 is 6.49. The van der Waals surface area contributed by atoms with Crippen LogP contribution in [0.2, 0.25) is 5.15 Å². The van der Waals surface area contributed by atoms with Crippen LogP contribution in [0.25, 0.3) is 5.69 Å². The molecule has 0 spiro atoms. The Morgan fingerprint density at radius 1 is 1.04 bits per heavy atom. The van der Waals surface area contributed by atoms with E-state index >= 15 is 0 Å². The molecule has 1 fully saturated rings. The van der Waals surface area contributed by atoms with Crippen molar-refractivity contribution in [2.45, 2.75) is 20.3 Å². The van der Waals surface area contributed by atoms with Crippen LogP contribution in [-0.4, -0.2) is 57.6 Å². The lowest BCUT2D eigenvalue weighted by molar-refractivity contribution is -0.128.